The van der Waals surface area contributed by atoms with Crippen LogP contribution in [-0.2, 0) is 14.4 Å². The topological polar surface area (TPSA) is 83.5 Å². The van der Waals surface area contributed by atoms with Gasteiger partial charge in [-0.25, -0.2) is 0 Å². The van der Waals surface area contributed by atoms with E-state index in [2.05, 4.69) is 5.32 Å². The summed E-state index contributed by atoms with van der Waals surface area (Å²) in [6, 6.07) is 0. The number of allylic oxidation sites excluding steroid dienone is 3. The third-order valence-corrected chi connectivity index (χ3v) is 3.41. The normalized spacial score (nSPS) is 17.1. The van der Waals surface area contributed by atoms with Crippen molar-refractivity contribution in [3.63, 3.8) is 0 Å². The predicted octanol–water partition coefficient (Wildman–Crippen LogP) is 1.45. The quantitative estimate of drug-likeness (QED) is 0.752. The molecule has 0 fully saturated rings. The van der Waals surface area contributed by atoms with Crippen LogP contribution in [0.3, 0.4) is 0 Å². The number of nitrogens with one attached hydrogen (secondary N) is 1. The molecule has 0 radical (unpaired) electrons. The first-order valence-corrected chi connectivity index (χ1v) is 6.04. The second-order valence-corrected chi connectivity index (χ2v) is 5.36. The summed E-state index contributed by atoms with van der Waals surface area (Å²) in [6.07, 6.45) is -0.200. The maximum absolute atomic E-state index is 12.4. The molecule has 19 heavy (non-hydrogen) atoms. The van der Waals surface area contributed by atoms with Gasteiger partial charge in [0.25, 0.3) is 0 Å². The van der Waals surface area contributed by atoms with E-state index in [1.165, 1.54) is 0 Å². The zero-order valence-corrected chi connectivity index (χ0v) is 11.9. The molecule has 5 heteroatoms. The zero-order chi connectivity index (χ0) is 15.0. The number of hydrogen-bond acceptors (Lipinski definition) is 4. The summed E-state index contributed by atoms with van der Waals surface area (Å²) in [4.78, 5) is 35.5. The summed E-state index contributed by atoms with van der Waals surface area (Å²) >= 11 is 0. The monoisotopic (exact) mass is 265 g/mol. The van der Waals surface area contributed by atoms with Crippen LogP contribution in [0.1, 0.15) is 34.1 Å². The average Bonchev–Trinajstić information content (AvgIpc) is 2.24. The standard InChI is InChI=1S/C14H19NO4/c1-7-10(14(3,4)6-9(16)17)13(19)11(15-5)8(2)12(7)18/h15H,6H2,1-5H3,(H,16,17). The Morgan fingerprint density at radius 1 is 1.16 bits per heavy atom. The fourth-order valence-electron chi connectivity index (χ4n) is 2.56. The summed E-state index contributed by atoms with van der Waals surface area (Å²) in [5.41, 5.74) is 0.373. The van der Waals surface area contributed by atoms with Gasteiger partial charge in [-0.2, -0.15) is 0 Å². The van der Waals surface area contributed by atoms with E-state index in [-0.39, 0.29) is 29.3 Å². The van der Waals surface area contributed by atoms with E-state index < -0.39 is 11.4 Å². The molecule has 0 aromatic heterocycles. The van der Waals surface area contributed by atoms with Crippen LogP contribution in [0.2, 0.25) is 0 Å². The van der Waals surface area contributed by atoms with Crippen LogP contribution in [0, 0.1) is 5.41 Å². The van der Waals surface area contributed by atoms with E-state index in [0.29, 0.717) is 11.1 Å². The van der Waals surface area contributed by atoms with Gasteiger partial charge >= 0.3 is 5.97 Å². The van der Waals surface area contributed by atoms with Crippen molar-refractivity contribution in [1.82, 2.24) is 5.32 Å². The van der Waals surface area contributed by atoms with Crippen LogP contribution >= 0.6 is 0 Å². The number of ketones is 2. The second kappa shape index (κ2) is 4.99. The molecular formula is C14H19NO4. The number of carboxylic acid groups (broad SMARTS) is 1. The summed E-state index contributed by atoms with van der Waals surface area (Å²) < 4.78 is 0. The highest BCUT2D eigenvalue weighted by Gasteiger charge is 2.39. The Kier molecular flexibility index (Phi) is 3.98. The highest BCUT2D eigenvalue weighted by molar-refractivity contribution is 6.25. The Hall–Kier alpha value is -1.91. The van der Waals surface area contributed by atoms with E-state index in [1.807, 2.05) is 0 Å². The number of aliphatic carboxylic acids is 1. The number of likely N-dealkylation sites (N-methyl/N-ethyl adjacent to an activating group) is 1. The Labute approximate surface area is 112 Å². The molecule has 0 amide bonds. The van der Waals surface area contributed by atoms with E-state index in [0.717, 1.165) is 0 Å². The van der Waals surface area contributed by atoms with Gasteiger partial charge in [-0.05, 0) is 13.8 Å². The van der Waals surface area contributed by atoms with Crippen LogP contribution in [0.5, 0.6) is 0 Å². The fraction of sp³-hybridized carbons (Fsp3) is 0.500. The third-order valence-electron chi connectivity index (χ3n) is 3.41. The molecule has 5 nitrogen and oxygen atoms in total. The van der Waals surface area contributed by atoms with Crippen LogP contribution in [-0.4, -0.2) is 29.7 Å². The molecule has 0 bridgehead atoms. The van der Waals surface area contributed by atoms with Gasteiger partial charge in [-0.1, -0.05) is 13.8 Å². The molecule has 0 unspecified atom stereocenters. The van der Waals surface area contributed by atoms with Gasteiger partial charge in [0.15, 0.2) is 5.78 Å². The lowest BCUT2D eigenvalue weighted by molar-refractivity contribution is -0.138. The maximum Gasteiger partial charge on any atom is 0.304 e. The highest BCUT2D eigenvalue weighted by Crippen LogP contribution is 2.38. The van der Waals surface area contributed by atoms with Gasteiger partial charge in [0, 0.05) is 29.2 Å². The van der Waals surface area contributed by atoms with Crippen molar-refractivity contribution < 1.29 is 19.5 Å². The molecular weight excluding hydrogens is 246 g/mol. The van der Waals surface area contributed by atoms with Crippen molar-refractivity contribution in [3.05, 3.63) is 22.4 Å². The Bertz CT molecular complexity index is 524. The predicted molar refractivity (Wildman–Crippen MR) is 70.5 cm³/mol. The lowest BCUT2D eigenvalue weighted by atomic mass is 9.72. The van der Waals surface area contributed by atoms with Crippen molar-refractivity contribution in [3.8, 4) is 0 Å². The van der Waals surface area contributed by atoms with Gasteiger partial charge in [0.05, 0.1) is 12.1 Å². The molecule has 0 atom stereocenters. The summed E-state index contributed by atoms with van der Waals surface area (Å²) in [6.45, 7) is 6.50. The number of rotatable bonds is 4. The van der Waals surface area contributed by atoms with Crippen molar-refractivity contribution in [2.45, 2.75) is 34.1 Å². The van der Waals surface area contributed by atoms with Crippen LogP contribution in [0.4, 0.5) is 0 Å². The third kappa shape index (κ3) is 2.59. The molecule has 0 aliphatic heterocycles. The molecule has 1 rings (SSSR count). The molecule has 0 aromatic rings. The Morgan fingerprint density at radius 2 is 1.68 bits per heavy atom. The van der Waals surface area contributed by atoms with Gasteiger partial charge in [0.2, 0.25) is 5.78 Å². The lowest BCUT2D eigenvalue weighted by Crippen LogP contribution is -2.35. The highest BCUT2D eigenvalue weighted by atomic mass is 16.4. The molecule has 1 aliphatic rings. The van der Waals surface area contributed by atoms with Crippen molar-refractivity contribution in [1.29, 1.82) is 0 Å². The molecule has 0 saturated carbocycles. The minimum absolute atomic E-state index is 0.200. The largest absolute Gasteiger partial charge is 0.481 e. The zero-order valence-electron chi connectivity index (χ0n) is 11.9. The molecule has 1 aliphatic carbocycles. The Balaban J connectivity index is 3.39. The van der Waals surface area contributed by atoms with E-state index in [9.17, 15) is 14.4 Å². The SMILES string of the molecule is CNC1=C(C)C(=O)C(C)=C(C(C)(C)CC(=O)O)C1=O. The average molecular weight is 265 g/mol. The molecule has 2 N–H and O–H groups in total. The first-order chi connectivity index (χ1) is 8.63. The minimum atomic E-state index is -0.997. The van der Waals surface area contributed by atoms with Crippen molar-refractivity contribution in [2.75, 3.05) is 7.05 Å². The fourth-order valence-corrected chi connectivity index (χ4v) is 2.56. The van der Waals surface area contributed by atoms with Crippen molar-refractivity contribution >= 4 is 17.5 Å². The minimum Gasteiger partial charge on any atom is -0.481 e. The summed E-state index contributed by atoms with van der Waals surface area (Å²) in [5.74, 6) is -1.50. The van der Waals surface area contributed by atoms with E-state index in [1.54, 1.807) is 34.7 Å². The molecule has 0 saturated heterocycles. The number of carboxylic acids is 1. The first kappa shape index (κ1) is 15.1. The van der Waals surface area contributed by atoms with Crippen LogP contribution in [0.25, 0.3) is 0 Å². The number of Topliss-reactive ketones (excluding diaryl/α,β-unsaturated/α-hetero) is 2. The second-order valence-electron chi connectivity index (χ2n) is 5.36. The van der Waals surface area contributed by atoms with E-state index in [4.69, 9.17) is 5.11 Å². The molecule has 0 spiro atoms. The lowest BCUT2D eigenvalue weighted by Gasteiger charge is -2.31. The van der Waals surface area contributed by atoms with Gasteiger partial charge in [-0.15, -0.1) is 0 Å². The molecule has 0 heterocycles. The van der Waals surface area contributed by atoms with E-state index >= 15 is 0 Å². The van der Waals surface area contributed by atoms with Crippen LogP contribution in [0.15, 0.2) is 22.4 Å². The summed E-state index contributed by atoms with van der Waals surface area (Å²) in [5, 5.41) is 11.7. The maximum atomic E-state index is 12.4. The first-order valence-electron chi connectivity index (χ1n) is 6.04. The van der Waals surface area contributed by atoms with Gasteiger partial charge in [0.1, 0.15) is 0 Å². The molecule has 104 valence electrons. The number of carbonyl (C=O) groups is 3. The number of hydrogen-bond donors (Lipinski definition) is 2. The molecule has 0 aromatic carbocycles. The Morgan fingerprint density at radius 3 is 2.11 bits per heavy atom. The van der Waals surface area contributed by atoms with Gasteiger partial charge < -0.3 is 10.4 Å². The van der Waals surface area contributed by atoms with Crippen molar-refractivity contribution in [2.24, 2.45) is 5.41 Å². The van der Waals surface area contributed by atoms with Crippen LogP contribution < -0.4 is 5.32 Å². The van der Waals surface area contributed by atoms with Gasteiger partial charge in [-0.3, -0.25) is 14.4 Å². The summed E-state index contributed by atoms with van der Waals surface area (Å²) in [7, 11) is 1.58. The number of carbonyl (C=O) groups excluding carboxylic acids is 2. The smallest absolute Gasteiger partial charge is 0.304 e.